The summed E-state index contributed by atoms with van der Waals surface area (Å²) in [5, 5.41) is 0. The summed E-state index contributed by atoms with van der Waals surface area (Å²) < 4.78 is 5.53. The first-order valence-electron chi connectivity index (χ1n) is 9.38. The molecule has 3 heteroatoms. The lowest BCUT2D eigenvalue weighted by molar-refractivity contribution is 0.0272. The number of hydrogen-bond donors (Lipinski definition) is 0. The van der Waals surface area contributed by atoms with Crippen LogP contribution in [0, 0.1) is 5.41 Å². The molecule has 0 aromatic rings. The molecule has 0 amide bonds. The van der Waals surface area contributed by atoms with Gasteiger partial charge in [-0.3, -0.25) is 4.90 Å². The summed E-state index contributed by atoms with van der Waals surface area (Å²) in [6.45, 7) is 16.7. The largest absolute Gasteiger partial charge is 0.381 e. The molecule has 0 aliphatic carbocycles. The molecule has 2 rings (SSSR count). The number of unbranched alkanes of at least 4 members (excludes halogenated alkanes) is 1. The number of hydrogen-bond acceptors (Lipinski definition) is 3. The van der Waals surface area contributed by atoms with Gasteiger partial charge >= 0.3 is 0 Å². The number of piperazine rings is 1. The Hall–Kier alpha value is -0.800. The fourth-order valence-electron chi connectivity index (χ4n) is 3.19. The third-order valence-electron chi connectivity index (χ3n) is 5.27. The molecule has 0 aromatic heterocycles. The van der Waals surface area contributed by atoms with Crippen LogP contribution >= 0.6 is 0 Å². The molecule has 132 valence electrons. The van der Waals surface area contributed by atoms with Gasteiger partial charge in [0, 0.05) is 50.8 Å². The first-order chi connectivity index (χ1) is 10.9. The molecule has 2 aliphatic rings. The van der Waals surface area contributed by atoms with Gasteiger partial charge in [0.15, 0.2) is 0 Å². The minimum Gasteiger partial charge on any atom is -0.381 e. The third kappa shape index (κ3) is 5.36. The number of ether oxygens (including phenoxy) is 1. The third-order valence-corrected chi connectivity index (χ3v) is 5.27. The number of rotatable bonds is 4. The van der Waals surface area contributed by atoms with E-state index in [9.17, 15) is 0 Å². The smallest absolute Gasteiger partial charge is 0.0480 e. The Balaban J connectivity index is 2.09. The lowest BCUT2D eigenvalue weighted by Gasteiger charge is -2.42. The van der Waals surface area contributed by atoms with Crippen LogP contribution in [0.1, 0.15) is 60.3 Å². The zero-order valence-electron chi connectivity index (χ0n) is 15.9. The highest BCUT2D eigenvalue weighted by Gasteiger charge is 2.27. The molecule has 0 spiro atoms. The molecule has 0 bridgehead atoms. The van der Waals surface area contributed by atoms with Gasteiger partial charge < -0.3 is 9.64 Å². The fourth-order valence-corrected chi connectivity index (χ4v) is 3.19. The molecule has 23 heavy (non-hydrogen) atoms. The second kappa shape index (κ2) is 8.34. The van der Waals surface area contributed by atoms with E-state index in [1.807, 2.05) is 0 Å². The Morgan fingerprint density at radius 1 is 1.22 bits per heavy atom. The molecule has 2 saturated heterocycles. The Morgan fingerprint density at radius 2 is 1.91 bits per heavy atom. The van der Waals surface area contributed by atoms with E-state index in [0.717, 1.165) is 26.3 Å². The van der Waals surface area contributed by atoms with Crippen LogP contribution in [0.25, 0.3) is 0 Å². The predicted octanol–water partition coefficient (Wildman–Crippen LogP) is 4.42. The van der Waals surface area contributed by atoms with Crippen LogP contribution in [0.4, 0.5) is 0 Å². The molecule has 2 heterocycles. The molecule has 2 fully saturated rings. The summed E-state index contributed by atoms with van der Waals surface area (Å²) in [6.07, 6.45) is 9.63. The Morgan fingerprint density at radius 3 is 2.52 bits per heavy atom. The quantitative estimate of drug-likeness (QED) is 0.763. The maximum atomic E-state index is 5.53. The van der Waals surface area contributed by atoms with Crippen molar-refractivity contribution in [3.8, 4) is 0 Å². The van der Waals surface area contributed by atoms with Crippen LogP contribution in [0.15, 0.2) is 23.5 Å². The van der Waals surface area contributed by atoms with E-state index >= 15 is 0 Å². The van der Waals surface area contributed by atoms with Crippen LogP contribution in [-0.4, -0.2) is 48.7 Å². The molecular weight excluding hydrogens is 284 g/mol. The standard InChI is InChI=1S/C20H36N2O/c1-6-7-8-19-16-22(18-9-13-23-14-10-18)12-11-21(19)15-17(2)20(3,4)5/h8,15,18H,6-7,9-14,16H2,1-5H3/b17-15+,19-8+. The van der Waals surface area contributed by atoms with E-state index in [1.165, 1.54) is 43.5 Å². The summed E-state index contributed by atoms with van der Waals surface area (Å²) in [7, 11) is 0. The summed E-state index contributed by atoms with van der Waals surface area (Å²) in [6, 6.07) is 0.712. The summed E-state index contributed by atoms with van der Waals surface area (Å²) in [5.41, 5.74) is 3.20. The molecular formula is C20H36N2O. The van der Waals surface area contributed by atoms with Crippen molar-refractivity contribution < 1.29 is 4.74 Å². The van der Waals surface area contributed by atoms with Gasteiger partial charge in [0.2, 0.25) is 0 Å². The van der Waals surface area contributed by atoms with Crippen molar-refractivity contribution in [2.75, 3.05) is 32.8 Å². The molecule has 0 N–H and O–H groups in total. The van der Waals surface area contributed by atoms with E-state index in [2.05, 4.69) is 56.7 Å². The van der Waals surface area contributed by atoms with Crippen molar-refractivity contribution in [3.05, 3.63) is 23.5 Å². The van der Waals surface area contributed by atoms with E-state index < -0.39 is 0 Å². The first-order valence-corrected chi connectivity index (χ1v) is 9.38. The van der Waals surface area contributed by atoms with Gasteiger partial charge in [-0.15, -0.1) is 0 Å². The summed E-state index contributed by atoms with van der Waals surface area (Å²) in [5.74, 6) is 0. The maximum absolute atomic E-state index is 5.53. The maximum Gasteiger partial charge on any atom is 0.0480 e. The van der Waals surface area contributed by atoms with Crippen molar-refractivity contribution in [3.63, 3.8) is 0 Å². The normalized spacial score (nSPS) is 24.5. The zero-order valence-corrected chi connectivity index (χ0v) is 15.9. The number of allylic oxidation sites excluding steroid dienone is 2. The molecule has 0 atom stereocenters. The minimum absolute atomic E-state index is 0.244. The van der Waals surface area contributed by atoms with Crippen LogP contribution in [0.5, 0.6) is 0 Å². The average molecular weight is 321 g/mol. The Bertz CT molecular complexity index is 427. The lowest BCUT2D eigenvalue weighted by atomic mass is 9.88. The zero-order chi connectivity index (χ0) is 16.9. The Kier molecular flexibility index (Phi) is 6.72. The van der Waals surface area contributed by atoms with Gasteiger partial charge in [-0.25, -0.2) is 0 Å². The molecule has 0 saturated carbocycles. The van der Waals surface area contributed by atoms with Gasteiger partial charge in [-0.2, -0.15) is 0 Å². The van der Waals surface area contributed by atoms with Gasteiger partial charge in [0.05, 0.1) is 0 Å². The van der Waals surface area contributed by atoms with Gasteiger partial charge in [-0.05, 0) is 31.6 Å². The average Bonchev–Trinajstić information content (AvgIpc) is 2.53. The van der Waals surface area contributed by atoms with Crippen molar-refractivity contribution in [2.45, 2.75) is 66.3 Å². The van der Waals surface area contributed by atoms with E-state index in [-0.39, 0.29) is 5.41 Å². The Labute approximate surface area is 143 Å². The van der Waals surface area contributed by atoms with Crippen LogP contribution < -0.4 is 0 Å². The topological polar surface area (TPSA) is 15.7 Å². The van der Waals surface area contributed by atoms with Gasteiger partial charge in [0.1, 0.15) is 0 Å². The summed E-state index contributed by atoms with van der Waals surface area (Å²) in [4.78, 5) is 5.19. The summed E-state index contributed by atoms with van der Waals surface area (Å²) >= 11 is 0. The lowest BCUT2D eigenvalue weighted by Crippen LogP contribution is -2.49. The van der Waals surface area contributed by atoms with Crippen LogP contribution in [0.3, 0.4) is 0 Å². The first kappa shape index (κ1) is 18.5. The second-order valence-corrected chi connectivity index (χ2v) is 8.05. The second-order valence-electron chi connectivity index (χ2n) is 8.05. The van der Waals surface area contributed by atoms with E-state index in [0.29, 0.717) is 6.04 Å². The van der Waals surface area contributed by atoms with Crippen LogP contribution in [-0.2, 0) is 4.74 Å². The predicted molar refractivity (Wildman–Crippen MR) is 98.3 cm³/mol. The van der Waals surface area contributed by atoms with Crippen molar-refractivity contribution in [2.24, 2.45) is 5.41 Å². The molecule has 3 nitrogen and oxygen atoms in total. The fraction of sp³-hybridized carbons (Fsp3) is 0.800. The number of nitrogens with zero attached hydrogens (tertiary/aromatic N) is 2. The van der Waals surface area contributed by atoms with Gasteiger partial charge in [-0.1, -0.05) is 45.8 Å². The highest BCUT2D eigenvalue weighted by Crippen LogP contribution is 2.28. The highest BCUT2D eigenvalue weighted by molar-refractivity contribution is 5.16. The van der Waals surface area contributed by atoms with E-state index in [4.69, 9.17) is 4.74 Å². The molecule has 2 aliphatic heterocycles. The molecule has 0 aromatic carbocycles. The minimum atomic E-state index is 0.244. The van der Waals surface area contributed by atoms with E-state index in [1.54, 1.807) is 0 Å². The van der Waals surface area contributed by atoms with Crippen LogP contribution in [0.2, 0.25) is 0 Å². The molecule has 0 radical (unpaired) electrons. The molecule has 0 unspecified atom stereocenters. The van der Waals surface area contributed by atoms with Gasteiger partial charge in [0.25, 0.3) is 0 Å². The van der Waals surface area contributed by atoms with Crippen molar-refractivity contribution in [1.82, 2.24) is 9.80 Å². The van der Waals surface area contributed by atoms with Crippen molar-refractivity contribution in [1.29, 1.82) is 0 Å². The monoisotopic (exact) mass is 320 g/mol. The SMILES string of the molecule is CCC/C=C1\CN(C2CCOCC2)CCN1/C=C(\C)C(C)(C)C. The van der Waals surface area contributed by atoms with Crippen molar-refractivity contribution >= 4 is 0 Å². The highest BCUT2D eigenvalue weighted by atomic mass is 16.5.